The van der Waals surface area contributed by atoms with E-state index in [9.17, 15) is 5.11 Å². The van der Waals surface area contributed by atoms with Crippen molar-refractivity contribution in [2.45, 2.75) is 38.8 Å². The molecule has 0 aliphatic carbocycles. The van der Waals surface area contributed by atoms with E-state index in [1.54, 1.807) is 11.3 Å². The number of ether oxygens (including phenoxy) is 1. The fourth-order valence-electron chi connectivity index (χ4n) is 2.08. The summed E-state index contributed by atoms with van der Waals surface area (Å²) in [6.07, 6.45) is 2.16. The van der Waals surface area contributed by atoms with E-state index < -0.39 is 6.10 Å². The first-order valence-corrected chi connectivity index (χ1v) is 8.44. The Balaban J connectivity index is 1.81. The number of hydrogen-bond donors (Lipinski definition) is 2. The lowest BCUT2D eigenvalue weighted by Crippen LogP contribution is -2.44. The second-order valence-electron chi connectivity index (χ2n) is 5.68. The molecule has 0 fully saturated rings. The number of thiazole rings is 1. The van der Waals surface area contributed by atoms with E-state index in [1.165, 1.54) is 5.56 Å². The number of aliphatic hydroxyl groups is 1. The molecule has 0 radical (unpaired) electrons. The lowest BCUT2D eigenvalue weighted by atomic mass is 9.99. The fourth-order valence-corrected chi connectivity index (χ4v) is 2.93. The van der Waals surface area contributed by atoms with E-state index in [1.807, 2.05) is 42.8 Å². The average molecular weight is 320 g/mol. The van der Waals surface area contributed by atoms with Crippen LogP contribution in [0.25, 0.3) is 0 Å². The lowest BCUT2D eigenvalue weighted by Gasteiger charge is -2.28. The molecule has 2 atom stereocenters. The largest absolute Gasteiger partial charge is 0.491 e. The van der Waals surface area contributed by atoms with Gasteiger partial charge in [-0.05, 0) is 32.4 Å². The van der Waals surface area contributed by atoms with E-state index in [0.29, 0.717) is 6.54 Å². The average Bonchev–Trinajstić information content (AvgIpc) is 3.07. The highest BCUT2D eigenvalue weighted by atomic mass is 32.1. The summed E-state index contributed by atoms with van der Waals surface area (Å²) >= 11 is 1.63. The minimum absolute atomic E-state index is 0.209. The van der Waals surface area contributed by atoms with Crippen LogP contribution in [-0.2, 0) is 5.54 Å². The number of hydrogen-bond acceptors (Lipinski definition) is 5. The SMILES string of the molecule is CCC(C)(NCC(O)COc1ccc(C)cc1)c1nccs1. The smallest absolute Gasteiger partial charge is 0.119 e. The van der Waals surface area contributed by atoms with Crippen molar-refractivity contribution in [3.8, 4) is 5.75 Å². The predicted octanol–water partition coefficient (Wildman–Crippen LogP) is 3.11. The van der Waals surface area contributed by atoms with Gasteiger partial charge in [-0.2, -0.15) is 0 Å². The molecule has 1 aromatic heterocycles. The van der Waals surface area contributed by atoms with Crippen molar-refractivity contribution >= 4 is 11.3 Å². The first kappa shape index (κ1) is 16.9. The van der Waals surface area contributed by atoms with Gasteiger partial charge >= 0.3 is 0 Å². The number of nitrogens with one attached hydrogen (secondary N) is 1. The summed E-state index contributed by atoms with van der Waals surface area (Å²) in [4.78, 5) is 4.38. The molecule has 2 rings (SSSR count). The van der Waals surface area contributed by atoms with Crippen LogP contribution in [0.15, 0.2) is 35.8 Å². The van der Waals surface area contributed by atoms with E-state index >= 15 is 0 Å². The summed E-state index contributed by atoms with van der Waals surface area (Å²) < 4.78 is 5.61. The number of benzene rings is 1. The molecule has 5 heteroatoms. The second-order valence-corrected chi connectivity index (χ2v) is 6.58. The van der Waals surface area contributed by atoms with Gasteiger partial charge in [0, 0.05) is 18.1 Å². The van der Waals surface area contributed by atoms with Crippen LogP contribution in [0.2, 0.25) is 0 Å². The molecule has 2 unspecified atom stereocenters. The topological polar surface area (TPSA) is 54.4 Å². The molecule has 1 aromatic carbocycles. The molecule has 0 saturated heterocycles. The number of nitrogens with zero attached hydrogens (tertiary/aromatic N) is 1. The highest BCUT2D eigenvalue weighted by Crippen LogP contribution is 2.26. The molecule has 1 heterocycles. The summed E-state index contributed by atoms with van der Waals surface area (Å²) in [5, 5.41) is 16.5. The molecule has 22 heavy (non-hydrogen) atoms. The van der Waals surface area contributed by atoms with E-state index in [-0.39, 0.29) is 12.1 Å². The molecule has 0 aliphatic heterocycles. The highest BCUT2D eigenvalue weighted by molar-refractivity contribution is 7.09. The van der Waals surface area contributed by atoms with Crippen molar-refractivity contribution in [1.29, 1.82) is 0 Å². The van der Waals surface area contributed by atoms with Gasteiger partial charge in [-0.25, -0.2) is 4.98 Å². The van der Waals surface area contributed by atoms with Crippen molar-refractivity contribution in [3.05, 3.63) is 46.4 Å². The maximum atomic E-state index is 10.1. The standard InChI is InChI=1S/C17H24N2O2S/c1-4-17(3,16-18-9-10-22-16)19-11-14(20)12-21-15-7-5-13(2)6-8-15/h5-10,14,19-20H,4,11-12H2,1-3H3. The van der Waals surface area contributed by atoms with Crippen molar-refractivity contribution in [1.82, 2.24) is 10.3 Å². The molecule has 0 amide bonds. The van der Waals surface area contributed by atoms with Gasteiger partial charge in [0.1, 0.15) is 23.5 Å². The number of rotatable bonds is 8. The fraction of sp³-hybridized carbons (Fsp3) is 0.471. The monoisotopic (exact) mass is 320 g/mol. The van der Waals surface area contributed by atoms with Gasteiger partial charge in [-0.3, -0.25) is 0 Å². The number of aliphatic hydroxyl groups excluding tert-OH is 1. The second kappa shape index (κ2) is 7.72. The summed E-state index contributed by atoms with van der Waals surface area (Å²) in [5.41, 5.74) is 0.982. The lowest BCUT2D eigenvalue weighted by molar-refractivity contribution is 0.0969. The third-order valence-corrected chi connectivity index (χ3v) is 4.84. The van der Waals surface area contributed by atoms with Gasteiger partial charge in [-0.1, -0.05) is 24.6 Å². The Morgan fingerprint density at radius 2 is 2.09 bits per heavy atom. The van der Waals surface area contributed by atoms with Gasteiger partial charge in [0.2, 0.25) is 0 Å². The van der Waals surface area contributed by atoms with Gasteiger partial charge in [0.25, 0.3) is 0 Å². The summed E-state index contributed by atoms with van der Waals surface area (Å²) in [6.45, 7) is 7.00. The van der Waals surface area contributed by atoms with Crippen LogP contribution in [0, 0.1) is 6.92 Å². The van der Waals surface area contributed by atoms with Crippen LogP contribution >= 0.6 is 11.3 Å². The zero-order valence-electron chi connectivity index (χ0n) is 13.4. The third-order valence-electron chi connectivity index (χ3n) is 3.80. The van der Waals surface area contributed by atoms with Gasteiger partial charge < -0.3 is 15.2 Å². The molecular formula is C17H24N2O2S. The summed E-state index contributed by atoms with van der Waals surface area (Å²) in [7, 11) is 0. The Bertz CT molecular complexity index is 557. The Kier molecular flexibility index (Phi) is 5.94. The van der Waals surface area contributed by atoms with Gasteiger partial charge in [-0.15, -0.1) is 11.3 Å². The normalized spacial score (nSPS) is 15.3. The van der Waals surface area contributed by atoms with Crippen LogP contribution in [0.3, 0.4) is 0 Å². The van der Waals surface area contributed by atoms with E-state index in [2.05, 4.69) is 24.1 Å². The van der Waals surface area contributed by atoms with Crippen LogP contribution in [0.4, 0.5) is 0 Å². The van der Waals surface area contributed by atoms with Gasteiger partial charge in [0.05, 0.1) is 5.54 Å². The van der Waals surface area contributed by atoms with Crippen molar-refractivity contribution in [2.75, 3.05) is 13.2 Å². The molecule has 2 aromatic rings. The molecule has 0 saturated carbocycles. The first-order chi connectivity index (χ1) is 10.5. The minimum Gasteiger partial charge on any atom is -0.491 e. The summed E-state index contributed by atoms with van der Waals surface area (Å²) in [5.74, 6) is 0.780. The first-order valence-electron chi connectivity index (χ1n) is 7.56. The van der Waals surface area contributed by atoms with Crippen LogP contribution in [0.1, 0.15) is 30.8 Å². The Morgan fingerprint density at radius 3 is 2.68 bits per heavy atom. The quantitative estimate of drug-likeness (QED) is 0.785. The highest BCUT2D eigenvalue weighted by Gasteiger charge is 2.27. The molecule has 120 valence electrons. The van der Waals surface area contributed by atoms with Crippen LogP contribution in [-0.4, -0.2) is 29.3 Å². The van der Waals surface area contributed by atoms with Crippen molar-refractivity contribution in [2.24, 2.45) is 0 Å². The molecule has 0 bridgehead atoms. The predicted molar refractivity (Wildman–Crippen MR) is 90.4 cm³/mol. The minimum atomic E-state index is -0.563. The molecule has 0 aliphatic rings. The zero-order valence-corrected chi connectivity index (χ0v) is 14.2. The molecular weight excluding hydrogens is 296 g/mol. The summed E-state index contributed by atoms with van der Waals surface area (Å²) in [6, 6.07) is 7.83. The molecule has 0 spiro atoms. The van der Waals surface area contributed by atoms with E-state index in [4.69, 9.17) is 4.74 Å². The number of aromatic nitrogens is 1. The van der Waals surface area contributed by atoms with Crippen molar-refractivity contribution < 1.29 is 9.84 Å². The molecule has 4 nitrogen and oxygen atoms in total. The Labute approximate surface area is 136 Å². The maximum absolute atomic E-state index is 10.1. The van der Waals surface area contributed by atoms with Crippen molar-refractivity contribution in [3.63, 3.8) is 0 Å². The third kappa shape index (κ3) is 4.53. The Hall–Kier alpha value is -1.43. The van der Waals surface area contributed by atoms with Crippen LogP contribution < -0.4 is 10.1 Å². The maximum Gasteiger partial charge on any atom is 0.119 e. The van der Waals surface area contributed by atoms with Crippen LogP contribution in [0.5, 0.6) is 5.75 Å². The molecule has 2 N–H and O–H groups in total. The van der Waals surface area contributed by atoms with Gasteiger partial charge in [0.15, 0.2) is 0 Å². The number of aryl methyl sites for hydroxylation is 1. The Morgan fingerprint density at radius 1 is 1.36 bits per heavy atom. The van der Waals surface area contributed by atoms with E-state index in [0.717, 1.165) is 17.2 Å². The zero-order chi connectivity index (χ0) is 16.0.